The van der Waals surface area contributed by atoms with Crippen molar-refractivity contribution >= 4 is 61.0 Å². The number of pyridine rings is 1. The molecular formula is C45H48N8O10S2. The normalized spacial score (nSPS) is 23.7. The first kappa shape index (κ1) is 43.7. The van der Waals surface area contributed by atoms with Crippen LogP contribution in [0.25, 0.3) is 22.3 Å². The fraction of sp³-hybridized carbons (Fsp3) is 0.400. The van der Waals surface area contributed by atoms with E-state index in [1.54, 1.807) is 68.7 Å². The summed E-state index contributed by atoms with van der Waals surface area (Å²) in [5, 5.41) is 15.4. The first-order valence-corrected chi connectivity index (χ1v) is 23.8. The average molecular weight is 925 g/mol. The highest BCUT2D eigenvalue weighted by Gasteiger charge is 2.62. The van der Waals surface area contributed by atoms with Crippen LogP contribution in [0.1, 0.15) is 61.3 Å². The van der Waals surface area contributed by atoms with Gasteiger partial charge in [-0.05, 0) is 69.9 Å². The van der Waals surface area contributed by atoms with Crippen LogP contribution in [0.2, 0.25) is 0 Å². The number of aromatic nitrogens is 3. The van der Waals surface area contributed by atoms with Crippen LogP contribution in [-0.2, 0) is 30.8 Å². The molecule has 4 amide bonds. The Balaban J connectivity index is 1.09. The fourth-order valence-corrected chi connectivity index (χ4v) is 10.4. The third-order valence-electron chi connectivity index (χ3n) is 11.8. The van der Waals surface area contributed by atoms with Crippen molar-refractivity contribution in [3.8, 4) is 28.6 Å². The van der Waals surface area contributed by atoms with E-state index in [0.29, 0.717) is 63.7 Å². The number of hydrogen-bond donors (Lipinski definition) is 4. The number of ether oxygens (including phenoxy) is 3. The summed E-state index contributed by atoms with van der Waals surface area (Å²) in [6, 6.07) is 13.4. The molecule has 0 radical (unpaired) electrons. The lowest BCUT2D eigenvalue weighted by Crippen LogP contribution is -2.58. The zero-order valence-electron chi connectivity index (χ0n) is 36.0. The monoisotopic (exact) mass is 924 g/mol. The summed E-state index contributed by atoms with van der Waals surface area (Å²) >= 11 is 1.44. The van der Waals surface area contributed by atoms with Gasteiger partial charge in [0.15, 0.2) is 10.8 Å². The van der Waals surface area contributed by atoms with Gasteiger partial charge in [0.2, 0.25) is 21.8 Å². The van der Waals surface area contributed by atoms with Crippen molar-refractivity contribution in [1.82, 2.24) is 35.4 Å². The molecule has 4 N–H and O–H groups in total. The van der Waals surface area contributed by atoms with Gasteiger partial charge in [-0.25, -0.2) is 18.4 Å². The molecule has 3 fully saturated rings. The third-order valence-corrected chi connectivity index (χ3v) is 14.4. The number of carbonyl (C=O) groups excluding carboxylic acids is 4. The predicted octanol–water partition coefficient (Wildman–Crippen LogP) is 4.31. The minimum atomic E-state index is -3.98. The van der Waals surface area contributed by atoms with Crippen LogP contribution in [0.3, 0.4) is 0 Å². The van der Waals surface area contributed by atoms with Gasteiger partial charge in [-0.2, -0.15) is 0 Å². The zero-order valence-corrected chi connectivity index (χ0v) is 37.7. The van der Waals surface area contributed by atoms with Crippen molar-refractivity contribution in [1.29, 1.82) is 0 Å². The summed E-state index contributed by atoms with van der Waals surface area (Å²) in [7, 11) is -2.42. The summed E-state index contributed by atoms with van der Waals surface area (Å²) in [6.07, 6.45) is 3.58. The first-order chi connectivity index (χ1) is 31.2. The Kier molecular flexibility index (Phi) is 11.7. The van der Waals surface area contributed by atoms with Crippen molar-refractivity contribution < 1.29 is 46.3 Å². The summed E-state index contributed by atoms with van der Waals surface area (Å²) in [5.41, 5.74) is 0.667. The van der Waals surface area contributed by atoms with Crippen LogP contribution in [0, 0.1) is 12.8 Å². The molecule has 2 aromatic carbocycles. The Morgan fingerprint density at radius 2 is 1.89 bits per heavy atom. The molecule has 1 unspecified atom stereocenters. The zero-order chi connectivity index (χ0) is 45.6. The van der Waals surface area contributed by atoms with Gasteiger partial charge in [-0.3, -0.25) is 23.9 Å². The van der Waals surface area contributed by atoms with Crippen molar-refractivity contribution in [2.24, 2.45) is 5.92 Å². The standard InChI is InChI=1S/C45H48N8O10S2/c1-24(2)46-44-49-37(23-64-44)34-20-39(32-13-10-28(60-4)18-33(32)47-34)62-30-19-38-41(55)50-45(43(57)52-65(58,59)31-11-12-31)21-27(45)8-6-14-61-29-9-5-7-26(16-29)17-36(42(56)53(38)22-30)48-40(54)35-15-25(3)63-51-35/h5-10,13,15-16,18,20,23-24,27,30-31,36,38H,11-12,14,17,19,21-22H2,1-4H3,(H,46,49)(H,48,54)(H,50,55)(H,52,57)/b8-6-/t27?,30-,36-,38+,45+/m1/s1. The second kappa shape index (κ2) is 17.4. The lowest BCUT2D eigenvalue weighted by atomic mass is 10.0. The molecule has 20 heteroatoms. The largest absolute Gasteiger partial charge is 0.497 e. The van der Waals surface area contributed by atoms with Crippen LogP contribution >= 0.6 is 11.3 Å². The summed E-state index contributed by atoms with van der Waals surface area (Å²) in [5.74, 6) is -1.56. The quantitative estimate of drug-likeness (QED) is 0.135. The molecule has 5 atom stereocenters. The van der Waals surface area contributed by atoms with Crippen molar-refractivity contribution in [3.63, 3.8) is 0 Å². The van der Waals surface area contributed by atoms with Crippen LogP contribution in [0.4, 0.5) is 5.13 Å². The highest BCUT2D eigenvalue weighted by atomic mass is 32.2. The van der Waals surface area contributed by atoms with Gasteiger partial charge in [0.25, 0.3) is 11.8 Å². The van der Waals surface area contributed by atoms with Gasteiger partial charge in [-0.1, -0.05) is 29.4 Å². The minimum absolute atomic E-state index is 0.000264. The Bertz CT molecular complexity index is 2820. The summed E-state index contributed by atoms with van der Waals surface area (Å²) < 4.78 is 51.8. The van der Waals surface area contributed by atoms with Crippen molar-refractivity contribution in [2.75, 3.05) is 25.6 Å². The van der Waals surface area contributed by atoms with Crippen LogP contribution < -0.4 is 34.9 Å². The second-order valence-electron chi connectivity index (χ2n) is 17.1. The van der Waals surface area contributed by atoms with E-state index in [9.17, 15) is 22.8 Å². The van der Waals surface area contributed by atoms with Crippen LogP contribution in [-0.4, -0.2) is 107 Å². The van der Waals surface area contributed by atoms with Crippen LogP contribution in [0.15, 0.2) is 76.7 Å². The van der Waals surface area contributed by atoms with Gasteiger partial charge in [0.05, 0.1) is 30.1 Å². The second-order valence-corrected chi connectivity index (χ2v) is 19.9. The molecule has 5 heterocycles. The third kappa shape index (κ3) is 9.35. The molecule has 4 aliphatic rings. The van der Waals surface area contributed by atoms with E-state index in [1.807, 2.05) is 25.3 Å². The van der Waals surface area contributed by atoms with E-state index in [1.165, 1.54) is 22.3 Å². The predicted molar refractivity (Wildman–Crippen MR) is 239 cm³/mol. The molecule has 18 nitrogen and oxygen atoms in total. The molecule has 340 valence electrons. The topological polar surface area (TPSA) is 233 Å². The minimum Gasteiger partial charge on any atom is -0.497 e. The van der Waals surface area contributed by atoms with E-state index in [0.717, 1.165) is 5.13 Å². The van der Waals surface area contributed by atoms with E-state index < -0.39 is 68.5 Å². The smallest absolute Gasteiger partial charge is 0.274 e. The molecule has 2 bridgehead atoms. The number of sulfonamides is 1. The van der Waals surface area contributed by atoms with Crippen molar-refractivity contribution in [2.45, 2.75) is 87.9 Å². The molecule has 2 saturated carbocycles. The SMILES string of the molecule is COc1ccc2c(O[C@@H]3C[C@H]4C(=O)N[C@@]5(C(=O)NS(=O)(=O)C6CC6)CC5/C=C\COc5cccc(c5)C[C@@H](NC(=O)c5cc(C)on5)C(=O)N4C3)cc(-c3csc(NC(C)C)n3)nc2c1. The van der Waals surface area contributed by atoms with Gasteiger partial charge in [-0.15, -0.1) is 11.3 Å². The molecule has 65 heavy (non-hydrogen) atoms. The number of hydrogen-bond acceptors (Lipinski definition) is 15. The first-order valence-electron chi connectivity index (χ1n) is 21.4. The summed E-state index contributed by atoms with van der Waals surface area (Å²) in [4.78, 5) is 68.6. The maximum atomic E-state index is 15.1. The van der Waals surface area contributed by atoms with Gasteiger partial charge < -0.3 is 39.6 Å². The molecule has 1 saturated heterocycles. The number of benzene rings is 2. The lowest BCUT2D eigenvalue weighted by Gasteiger charge is -2.30. The van der Waals surface area contributed by atoms with E-state index >= 15 is 4.79 Å². The Morgan fingerprint density at radius 3 is 2.65 bits per heavy atom. The molecule has 5 aromatic rings. The Morgan fingerprint density at radius 1 is 1.06 bits per heavy atom. The average Bonchev–Trinajstić information content (AvgIpc) is 4.08. The fourth-order valence-electron chi connectivity index (χ4n) is 8.23. The molecule has 2 aliphatic carbocycles. The van der Waals surface area contributed by atoms with Crippen LogP contribution in [0.5, 0.6) is 17.2 Å². The maximum absolute atomic E-state index is 15.1. The number of rotatable bonds is 11. The number of methoxy groups -OCH3 is 1. The molecule has 9 rings (SSSR count). The molecule has 0 spiro atoms. The Labute approximate surface area is 378 Å². The maximum Gasteiger partial charge on any atom is 0.274 e. The highest BCUT2D eigenvalue weighted by molar-refractivity contribution is 7.91. The number of amides is 4. The molecular weight excluding hydrogens is 877 g/mol. The van der Waals surface area contributed by atoms with Gasteiger partial charge in [0.1, 0.15) is 59.0 Å². The number of nitrogens with one attached hydrogen (secondary N) is 4. The summed E-state index contributed by atoms with van der Waals surface area (Å²) in [6.45, 7) is 5.66. The molecule has 2 aliphatic heterocycles. The van der Waals surface area contributed by atoms with Gasteiger partial charge >= 0.3 is 0 Å². The number of carbonyl (C=O) groups is 4. The number of fused-ring (bicyclic) bond motifs is 5. The highest BCUT2D eigenvalue weighted by Crippen LogP contribution is 2.46. The van der Waals surface area contributed by atoms with E-state index in [2.05, 4.69) is 25.8 Å². The molecule has 3 aromatic heterocycles. The lowest BCUT2D eigenvalue weighted by molar-refractivity contribution is -0.141. The van der Waals surface area contributed by atoms with Gasteiger partial charge in [0, 0.05) is 53.8 Å². The van der Waals surface area contributed by atoms with E-state index in [4.69, 9.17) is 28.7 Å². The number of aryl methyl sites for hydroxylation is 1. The van der Waals surface area contributed by atoms with Crippen molar-refractivity contribution in [3.05, 3.63) is 89.1 Å². The Hall–Kier alpha value is -6.54. The number of anilines is 1. The number of thiazole rings is 1. The van der Waals surface area contributed by atoms with E-state index in [-0.39, 0.29) is 44.1 Å². The number of nitrogens with zero attached hydrogens (tertiary/aromatic N) is 4.